The Morgan fingerprint density at radius 3 is 2.63 bits per heavy atom. The van der Waals surface area contributed by atoms with Gasteiger partial charge in [-0.05, 0) is 43.4 Å². The Hall–Kier alpha value is -2.55. The SMILES string of the molecule is O=C(Nc1ncc(Cc2ccc(F)c(F)c2)s1)C1CCCN(C(=O)N2CCCC2)C1. The summed E-state index contributed by atoms with van der Waals surface area (Å²) in [5.74, 6) is -2.15. The monoisotopic (exact) mass is 434 g/mol. The Morgan fingerprint density at radius 2 is 1.87 bits per heavy atom. The van der Waals surface area contributed by atoms with Crippen LogP contribution in [0.5, 0.6) is 0 Å². The minimum Gasteiger partial charge on any atom is -0.325 e. The van der Waals surface area contributed by atoms with Crippen molar-refractivity contribution in [3.63, 3.8) is 0 Å². The van der Waals surface area contributed by atoms with Gasteiger partial charge in [0.05, 0.1) is 5.92 Å². The first-order valence-corrected chi connectivity index (χ1v) is 11.0. The van der Waals surface area contributed by atoms with Gasteiger partial charge in [0.2, 0.25) is 5.91 Å². The number of aromatic nitrogens is 1. The minimum atomic E-state index is -0.879. The first kappa shape index (κ1) is 20.7. The number of anilines is 1. The molecule has 1 aromatic heterocycles. The maximum Gasteiger partial charge on any atom is 0.320 e. The lowest BCUT2D eigenvalue weighted by Gasteiger charge is -2.34. The molecular weight excluding hydrogens is 410 g/mol. The second-order valence-electron chi connectivity index (χ2n) is 7.81. The van der Waals surface area contributed by atoms with Crippen LogP contribution in [0.25, 0.3) is 0 Å². The van der Waals surface area contributed by atoms with Crippen molar-refractivity contribution in [1.82, 2.24) is 14.8 Å². The van der Waals surface area contributed by atoms with Gasteiger partial charge in [-0.15, -0.1) is 11.3 Å². The lowest BCUT2D eigenvalue weighted by atomic mass is 9.97. The average Bonchev–Trinajstić information content (AvgIpc) is 3.43. The van der Waals surface area contributed by atoms with Crippen molar-refractivity contribution in [1.29, 1.82) is 0 Å². The number of carbonyl (C=O) groups excluding carboxylic acids is 2. The van der Waals surface area contributed by atoms with Crippen LogP contribution in [-0.4, -0.2) is 52.9 Å². The number of likely N-dealkylation sites (tertiary alicyclic amines) is 2. The molecule has 6 nitrogen and oxygen atoms in total. The largest absolute Gasteiger partial charge is 0.325 e. The summed E-state index contributed by atoms with van der Waals surface area (Å²) in [7, 11) is 0. The first-order chi connectivity index (χ1) is 14.5. The van der Waals surface area contributed by atoms with E-state index in [1.54, 1.807) is 11.1 Å². The van der Waals surface area contributed by atoms with Gasteiger partial charge < -0.3 is 15.1 Å². The summed E-state index contributed by atoms with van der Waals surface area (Å²) in [5.41, 5.74) is 0.638. The molecule has 2 aliphatic rings. The Kier molecular flexibility index (Phi) is 6.26. The summed E-state index contributed by atoms with van der Waals surface area (Å²) in [4.78, 5) is 34.1. The zero-order chi connectivity index (χ0) is 21.1. The molecule has 0 spiro atoms. The fourth-order valence-electron chi connectivity index (χ4n) is 3.98. The number of hydrogen-bond acceptors (Lipinski definition) is 4. The third-order valence-corrected chi connectivity index (χ3v) is 6.50. The normalized spacial score (nSPS) is 19.2. The number of nitrogens with zero attached hydrogens (tertiary/aromatic N) is 3. The molecule has 1 N–H and O–H groups in total. The van der Waals surface area contributed by atoms with Gasteiger partial charge in [0.25, 0.3) is 0 Å². The average molecular weight is 435 g/mol. The number of urea groups is 1. The Morgan fingerprint density at radius 1 is 1.10 bits per heavy atom. The molecule has 1 atom stereocenters. The number of thiazole rings is 1. The fourth-order valence-corrected chi connectivity index (χ4v) is 4.83. The van der Waals surface area contributed by atoms with E-state index in [0.29, 0.717) is 30.2 Å². The molecule has 3 amide bonds. The number of nitrogens with one attached hydrogen (secondary N) is 1. The molecule has 2 fully saturated rings. The van der Waals surface area contributed by atoms with Crippen LogP contribution in [0.4, 0.5) is 18.7 Å². The molecule has 2 aliphatic heterocycles. The number of rotatable bonds is 4. The Labute approximate surface area is 177 Å². The molecule has 2 aromatic rings. The molecular formula is C21H24F2N4O2S. The maximum absolute atomic E-state index is 13.4. The molecule has 0 saturated carbocycles. The van der Waals surface area contributed by atoms with Crippen LogP contribution in [-0.2, 0) is 11.2 Å². The second-order valence-corrected chi connectivity index (χ2v) is 8.92. The van der Waals surface area contributed by atoms with Crippen LogP contribution in [0.15, 0.2) is 24.4 Å². The third kappa shape index (κ3) is 4.77. The molecule has 30 heavy (non-hydrogen) atoms. The third-order valence-electron chi connectivity index (χ3n) is 5.59. The van der Waals surface area contributed by atoms with Gasteiger partial charge in [-0.3, -0.25) is 4.79 Å². The van der Waals surface area contributed by atoms with E-state index in [0.717, 1.165) is 49.7 Å². The standard InChI is InChI=1S/C21H24F2N4O2S/c22-17-6-5-14(11-18(17)23)10-16-12-24-20(30-16)25-19(28)15-4-3-9-27(13-15)21(29)26-7-1-2-8-26/h5-6,11-12,15H,1-4,7-10,13H2,(H,24,25,28). The molecule has 1 unspecified atom stereocenters. The smallest absolute Gasteiger partial charge is 0.320 e. The molecule has 0 aliphatic carbocycles. The van der Waals surface area contributed by atoms with Crippen molar-refractivity contribution in [2.75, 3.05) is 31.5 Å². The summed E-state index contributed by atoms with van der Waals surface area (Å²) >= 11 is 1.31. The highest BCUT2D eigenvalue weighted by atomic mass is 32.1. The zero-order valence-electron chi connectivity index (χ0n) is 16.6. The van der Waals surface area contributed by atoms with E-state index in [1.165, 1.54) is 23.5 Å². The predicted molar refractivity (Wildman–Crippen MR) is 110 cm³/mol. The molecule has 0 radical (unpaired) electrons. The van der Waals surface area contributed by atoms with Crippen LogP contribution in [0, 0.1) is 17.6 Å². The first-order valence-electron chi connectivity index (χ1n) is 10.2. The number of amides is 3. The number of piperidine rings is 1. The quantitative estimate of drug-likeness (QED) is 0.794. The topological polar surface area (TPSA) is 65.5 Å². The number of benzene rings is 1. The molecule has 9 heteroatoms. The molecule has 160 valence electrons. The number of carbonyl (C=O) groups is 2. The zero-order valence-corrected chi connectivity index (χ0v) is 17.4. The Balaban J connectivity index is 1.33. The van der Waals surface area contributed by atoms with E-state index in [1.807, 2.05) is 4.90 Å². The van der Waals surface area contributed by atoms with Crippen LogP contribution in [0.1, 0.15) is 36.1 Å². The molecule has 0 bridgehead atoms. The van der Waals surface area contributed by atoms with Crippen molar-refractivity contribution in [3.8, 4) is 0 Å². The van der Waals surface area contributed by atoms with Crippen molar-refractivity contribution in [2.45, 2.75) is 32.1 Å². The lowest BCUT2D eigenvalue weighted by molar-refractivity contribution is -0.121. The van der Waals surface area contributed by atoms with Crippen molar-refractivity contribution in [3.05, 3.63) is 46.5 Å². The minimum absolute atomic E-state index is 0.0352. The highest BCUT2D eigenvalue weighted by molar-refractivity contribution is 7.15. The van der Waals surface area contributed by atoms with Crippen LogP contribution in [0.3, 0.4) is 0 Å². The lowest BCUT2D eigenvalue weighted by Crippen LogP contribution is -2.48. The van der Waals surface area contributed by atoms with Gasteiger partial charge in [-0.25, -0.2) is 18.6 Å². The van der Waals surface area contributed by atoms with E-state index in [4.69, 9.17) is 0 Å². The summed E-state index contributed by atoms with van der Waals surface area (Å²) in [5, 5.41) is 3.32. The van der Waals surface area contributed by atoms with Crippen LogP contribution < -0.4 is 5.32 Å². The van der Waals surface area contributed by atoms with E-state index in [2.05, 4.69) is 10.3 Å². The van der Waals surface area contributed by atoms with Gasteiger partial charge in [-0.2, -0.15) is 0 Å². The van der Waals surface area contributed by atoms with E-state index < -0.39 is 11.6 Å². The van der Waals surface area contributed by atoms with Gasteiger partial charge >= 0.3 is 6.03 Å². The summed E-state index contributed by atoms with van der Waals surface area (Å²) in [6.45, 7) is 2.71. The molecule has 3 heterocycles. The summed E-state index contributed by atoms with van der Waals surface area (Å²) in [6, 6.07) is 3.84. The second kappa shape index (κ2) is 9.07. The van der Waals surface area contributed by atoms with Gasteiger partial charge in [0, 0.05) is 43.7 Å². The van der Waals surface area contributed by atoms with Crippen LogP contribution >= 0.6 is 11.3 Å². The summed E-state index contributed by atoms with van der Waals surface area (Å²) in [6.07, 6.45) is 5.67. The van der Waals surface area contributed by atoms with E-state index >= 15 is 0 Å². The van der Waals surface area contributed by atoms with Gasteiger partial charge in [0.1, 0.15) is 0 Å². The van der Waals surface area contributed by atoms with Gasteiger partial charge in [0.15, 0.2) is 16.8 Å². The molecule has 1 aromatic carbocycles. The van der Waals surface area contributed by atoms with E-state index in [9.17, 15) is 18.4 Å². The van der Waals surface area contributed by atoms with Crippen molar-refractivity contribution >= 4 is 28.4 Å². The Bertz CT molecular complexity index is 929. The molecule has 4 rings (SSSR count). The van der Waals surface area contributed by atoms with Crippen molar-refractivity contribution < 1.29 is 18.4 Å². The van der Waals surface area contributed by atoms with Crippen LogP contribution in [0.2, 0.25) is 0 Å². The predicted octanol–water partition coefficient (Wildman–Crippen LogP) is 3.88. The van der Waals surface area contributed by atoms with Crippen molar-refractivity contribution in [2.24, 2.45) is 5.92 Å². The summed E-state index contributed by atoms with van der Waals surface area (Å²) < 4.78 is 26.4. The maximum atomic E-state index is 13.4. The number of hydrogen-bond donors (Lipinski definition) is 1. The molecule has 2 saturated heterocycles. The highest BCUT2D eigenvalue weighted by Gasteiger charge is 2.31. The van der Waals surface area contributed by atoms with E-state index in [-0.39, 0.29) is 17.9 Å². The number of halogens is 2. The fraction of sp³-hybridized carbons (Fsp3) is 0.476. The highest BCUT2D eigenvalue weighted by Crippen LogP contribution is 2.25. The van der Waals surface area contributed by atoms with Gasteiger partial charge in [-0.1, -0.05) is 6.07 Å².